The average molecular weight is 215 g/mol. The van der Waals surface area contributed by atoms with Gasteiger partial charge in [0.1, 0.15) is 5.69 Å². The number of allylic oxidation sites excluding steroid dienone is 1. The van der Waals surface area contributed by atoms with E-state index in [1.807, 2.05) is 42.6 Å². The summed E-state index contributed by atoms with van der Waals surface area (Å²) in [5.41, 5.74) is 1.91. The second-order valence-corrected chi connectivity index (χ2v) is 3.35. The van der Waals surface area contributed by atoms with Gasteiger partial charge in [-0.15, -0.1) is 5.10 Å². The van der Waals surface area contributed by atoms with Gasteiger partial charge in [0.2, 0.25) is 0 Å². The van der Waals surface area contributed by atoms with Gasteiger partial charge in [-0.25, -0.2) is 4.68 Å². The van der Waals surface area contributed by atoms with Crippen LogP contribution in [0.4, 0.5) is 0 Å². The summed E-state index contributed by atoms with van der Waals surface area (Å²) in [6, 6.07) is 9.91. The van der Waals surface area contributed by atoms with E-state index in [2.05, 4.69) is 10.3 Å². The predicted molar refractivity (Wildman–Crippen MR) is 61.7 cm³/mol. The Hall–Kier alpha value is -1.94. The highest BCUT2D eigenvalue weighted by Gasteiger charge is 2.01. The third-order valence-corrected chi connectivity index (χ3v) is 2.17. The molecule has 4 heteroatoms. The Morgan fingerprint density at radius 2 is 2.00 bits per heavy atom. The molecule has 1 aromatic heterocycles. The van der Waals surface area contributed by atoms with E-state index in [1.54, 1.807) is 10.8 Å². The summed E-state index contributed by atoms with van der Waals surface area (Å²) < 4.78 is 1.73. The molecule has 0 atom stereocenters. The maximum absolute atomic E-state index is 8.60. The van der Waals surface area contributed by atoms with E-state index in [0.29, 0.717) is 6.54 Å². The Labute approximate surface area is 93.8 Å². The molecule has 0 amide bonds. The van der Waals surface area contributed by atoms with Crippen LogP contribution in [0, 0.1) is 0 Å². The fourth-order valence-corrected chi connectivity index (χ4v) is 1.39. The SMILES string of the molecule is OC/C=C/Cn1cc(-c2ccccc2)nn1. The molecule has 2 rings (SSSR count). The zero-order chi connectivity index (χ0) is 11.2. The van der Waals surface area contributed by atoms with Crippen LogP contribution in [-0.4, -0.2) is 26.7 Å². The second kappa shape index (κ2) is 5.23. The number of aromatic nitrogens is 3. The molecule has 0 fully saturated rings. The van der Waals surface area contributed by atoms with E-state index in [0.717, 1.165) is 11.3 Å². The van der Waals surface area contributed by atoms with Gasteiger partial charge in [0.25, 0.3) is 0 Å². The molecule has 0 unspecified atom stereocenters. The molecule has 82 valence electrons. The van der Waals surface area contributed by atoms with Crippen LogP contribution in [0.15, 0.2) is 48.7 Å². The van der Waals surface area contributed by atoms with Crippen LogP contribution in [0.25, 0.3) is 11.3 Å². The molecule has 0 aliphatic carbocycles. The van der Waals surface area contributed by atoms with Gasteiger partial charge in [0, 0.05) is 5.56 Å². The second-order valence-electron chi connectivity index (χ2n) is 3.35. The lowest BCUT2D eigenvalue weighted by Gasteiger charge is -1.93. The van der Waals surface area contributed by atoms with Crippen molar-refractivity contribution in [3.8, 4) is 11.3 Å². The largest absolute Gasteiger partial charge is 0.392 e. The van der Waals surface area contributed by atoms with Crippen molar-refractivity contribution >= 4 is 0 Å². The topological polar surface area (TPSA) is 50.9 Å². The first-order chi connectivity index (χ1) is 7.90. The minimum atomic E-state index is 0.0558. The van der Waals surface area contributed by atoms with E-state index in [-0.39, 0.29) is 6.61 Å². The predicted octanol–water partition coefficient (Wildman–Crippen LogP) is 1.49. The zero-order valence-corrected chi connectivity index (χ0v) is 8.82. The number of benzene rings is 1. The van der Waals surface area contributed by atoms with E-state index >= 15 is 0 Å². The molecular formula is C12H13N3O. The maximum Gasteiger partial charge on any atom is 0.113 e. The zero-order valence-electron chi connectivity index (χ0n) is 8.82. The van der Waals surface area contributed by atoms with Crippen molar-refractivity contribution in [2.75, 3.05) is 6.61 Å². The monoisotopic (exact) mass is 215 g/mol. The highest BCUT2D eigenvalue weighted by Crippen LogP contribution is 2.14. The first kappa shape index (κ1) is 10.6. The van der Waals surface area contributed by atoms with Gasteiger partial charge in [-0.05, 0) is 0 Å². The number of aliphatic hydroxyl groups excluding tert-OH is 1. The van der Waals surface area contributed by atoms with Crippen molar-refractivity contribution in [2.45, 2.75) is 6.54 Å². The van der Waals surface area contributed by atoms with Gasteiger partial charge in [-0.1, -0.05) is 47.7 Å². The number of nitrogens with zero attached hydrogens (tertiary/aromatic N) is 3. The summed E-state index contributed by atoms with van der Waals surface area (Å²) in [7, 11) is 0. The summed E-state index contributed by atoms with van der Waals surface area (Å²) in [5.74, 6) is 0. The van der Waals surface area contributed by atoms with Gasteiger partial charge in [0.05, 0.1) is 19.3 Å². The molecule has 16 heavy (non-hydrogen) atoms. The van der Waals surface area contributed by atoms with Gasteiger partial charge in [-0.3, -0.25) is 0 Å². The normalized spacial score (nSPS) is 11.1. The molecule has 2 aromatic rings. The van der Waals surface area contributed by atoms with Crippen molar-refractivity contribution in [3.05, 3.63) is 48.7 Å². The van der Waals surface area contributed by atoms with Crippen LogP contribution in [-0.2, 0) is 6.54 Å². The number of hydrogen-bond donors (Lipinski definition) is 1. The molecule has 0 aliphatic heterocycles. The third-order valence-electron chi connectivity index (χ3n) is 2.17. The molecule has 0 saturated heterocycles. The van der Waals surface area contributed by atoms with Gasteiger partial charge in [0.15, 0.2) is 0 Å². The van der Waals surface area contributed by atoms with Crippen molar-refractivity contribution < 1.29 is 5.11 Å². The summed E-state index contributed by atoms with van der Waals surface area (Å²) in [6.45, 7) is 0.681. The Kier molecular flexibility index (Phi) is 3.46. The van der Waals surface area contributed by atoms with Crippen molar-refractivity contribution in [1.82, 2.24) is 15.0 Å². The first-order valence-corrected chi connectivity index (χ1v) is 5.11. The smallest absolute Gasteiger partial charge is 0.113 e. The Morgan fingerprint density at radius 1 is 1.19 bits per heavy atom. The highest BCUT2D eigenvalue weighted by atomic mass is 16.2. The maximum atomic E-state index is 8.60. The quantitative estimate of drug-likeness (QED) is 0.786. The Balaban J connectivity index is 2.11. The lowest BCUT2D eigenvalue weighted by Crippen LogP contribution is -1.95. The number of rotatable bonds is 4. The molecule has 0 aliphatic rings. The van der Waals surface area contributed by atoms with Crippen LogP contribution in [0.2, 0.25) is 0 Å². The first-order valence-electron chi connectivity index (χ1n) is 5.11. The number of hydrogen-bond acceptors (Lipinski definition) is 3. The molecule has 1 heterocycles. The van der Waals surface area contributed by atoms with E-state index in [9.17, 15) is 0 Å². The Bertz CT molecular complexity index is 462. The standard InChI is InChI=1S/C12H13N3O/c16-9-5-4-8-15-10-12(13-14-15)11-6-2-1-3-7-11/h1-7,10,16H,8-9H2/b5-4+. The average Bonchev–Trinajstić information content (AvgIpc) is 2.79. The summed E-state index contributed by atoms with van der Waals surface area (Å²) in [4.78, 5) is 0. The van der Waals surface area contributed by atoms with Crippen molar-refractivity contribution in [1.29, 1.82) is 0 Å². The summed E-state index contributed by atoms with van der Waals surface area (Å²) in [5, 5.41) is 16.7. The van der Waals surface area contributed by atoms with Crippen LogP contribution in [0.1, 0.15) is 0 Å². The fourth-order valence-electron chi connectivity index (χ4n) is 1.39. The van der Waals surface area contributed by atoms with E-state index in [1.165, 1.54) is 0 Å². The Morgan fingerprint density at radius 3 is 2.75 bits per heavy atom. The minimum absolute atomic E-state index is 0.0558. The van der Waals surface area contributed by atoms with Crippen LogP contribution < -0.4 is 0 Å². The minimum Gasteiger partial charge on any atom is -0.392 e. The van der Waals surface area contributed by atoms with Crippen LogP contribution >= 0.6 is 0 Å². The molecule has 0 saturated carbocycles. The molecule has 1 aromatic carbocycles. The van der Waals surface area contributed by atoms with Crippen LogP contribution in [0.5, 0.6) is 0 Å². The van der Waals surface area contributed by atoms with Crippen LogP contribution in [0.3, 0.4) is 0 Å². The molecule has 4 nitrogen and oxygen atoms in total. The van der Waals surface area contributed by atoms with Gasteiger partial charge < -0.3 is 5.11 Å². The van der Waals surface area contributed by atoms with E-state index < -0.39 is 0 Å². The highest BCUT2D eigenvalue weighted by molar-refractivity contribution is 5.57. The third kappa shape index (κ3) is 2.55. The number of aliphatic hydroxyl groups is 1. The summed E-state index contributed by atoms with van der Waals surface area (Å²) >= 11 is 0. The lowest BCUT2D eigenvalue weighted by atomic mass is 10.2. The summed E-state index contributed by atoms with van der Waals surface area (Å²) in [6.07, 6.45) is 5.42. The molecule has 0 radical (unpaired) electrons. The van der Waals surface area contributed by atoms with Crippen molar-refractivity contribution in [3.63, 3.8) is 0 Å². The molecule has 0 bridgehead atoms. The fraction of sp³-hybridized carbons (Fsp3) is 0.167. The molecular weight excluding hydrogens is 202 g/mol. The van der Waals surface area contributed by atoms with Gasteiger partial charge >= 0.3 is 0 Å². The van der Waals surface area contributed by atoms with Crippen molar-refractivity contribution in [2.24, 2.45) is 0 Å². The molecule has 1 N–H and O–H groups in total. The van der Waals surface area contributed by atoms with E-state index in [4.69, 9.17) is 5.11 Å². The van der Waals surface area contributed by atoms with Gasteiger partial charge in [-0.2, -0.15) is 0 Å². The lowest BCUT2D eigenvalue weighted by molar-refractivity contribution is 0.342. The molecule has 0 spiro atoms.